The zero-order valence-corrected chi connectivity index (χ0v) is 15.2. The predicted molar refractivity (Wildman–Crippen MR) is 93.0 cm³/mol. The molecule has 2 heterocycles. The van der Waals surface area contributed by atoms with Gasteiger partial charge in [0, 0.05) is 10.8 Å². The molecule has 1 aliphatic heterocycles. The van der Waals surface area contributed by atoms with Gasteiger partial charge in [-0.3, -0.25) is 4.57 Å². The number of para-hydroxylation sites is 1. The Morgan fingerprint density at radius 2 is 2.11 bits per heavy atom. The van der Waals surface area contributed by atoms with Crippen LogP contribution in [0.1, 0.15) is 13.2 Å². The molecular weight excluding hydrogens is 380 g/mol. The van der Waals surface area contributed by atoms with Crippen molar-refractivity contribution in [1.29, 1.82) is 0 Å². The van der Waals surface area contributed by atoms with Gasteiger partial charge in [-0.2, -0.15) is 4.98 Å². The van der Waals surface area contributed by atoms with Gasteiger partial charge in [0.2, 0.25) is 0 Å². The highest BCUT2D eigenvalue weighted by atomic mass is 31.1. The highest BCUT2D eigenvalue weighted by Gasteiger charge is 2.56. The Kier molecular flexibility index (Phi) is 5.52. The van der Waals surface area contributed by atoms with Crippen LogP contribution >= 0.6 is 8.25 Å². The summed E-state index contributed by atoms with van der Waals surface area (Å²) in [6, 6.07) is 9.64. The largest absolute Gasteiger partial charge is 0.750 e. The standard InChI is InChI=1S/C16H17FN3O6P/c1-16(17)13(21)11(9-24-27(23)26-10-5-3-2-4-6-10)25-14(16)20-8-7-12(18)19-15(20)22/h2-8,11,13-14,21H,9H2,1H3,(H-,18,19,22)/p+1/t11?,13-,14?,16-/m1/s1. The number of aromatic nitrogens is 2. The van der Waals surface area contributed by atoms with Gasteiger partial charge >= 0.3 is 13.9 Å². The van der Waals surface area contributed by atoms with Crippen molar-refractivity contribution in [3.8, 4) is 5.75 Å². The van der Waals surface area contributed by atoms with E-state index in [0.29, 0.717) is 5.75 Å². The SMILES string of the molecule is C[C@]1(F)C(n2ccc(N)nc2=O)OC(CO[P+](=O)Oc2ccccc2)[C@H]1O. The molecule has 0 spiro atoms. The Balaban J connectivity index is 1.67. The van der Waals surface area contributed by atoms with Crippen molar-refractivity contribution < 1.29 is 27.8 Å². The average Bonchev–Trinajstić information content (AvgIpc) is 2.84. The highest BCUT2D eigenvalue weighted by Crippen LogP contribution is 2.41. The van der Waals surface area contributed by atoms with Crippen LogP contribution in [0.15, 0.2) is 47.4 Å². The van der Waals surface area contributed by atoms with E-state index in [0.717, 1.165) is 11.5 Å². The number of rotatable bonds is 6. The molecule has 1 fully saturated rings. The smallest absolute Gasteiger partial charge is 0.387 e. The Bertz CT molecular complexity index is 878. The van der Waals surface area contributed by atoms with Crippen LogP contribution < -0.4 is 15.9 Å². The minimum absolute atomic E-state index is 0.0229. The molecule has 3 N–H and O–H groups in total. The van der Waals surface area contributed by atoms with Gasteiger partial charge in [-0.1, -0.05) is 18.2 Å². The number of aliphatic hydroxyl groups excluding tert-OH is 1. The maximum Gasteiger partial charge on any atom is 0.750 e. The van der Waals surface area contributed by atoms with Crippen LogP contribution in [0.4, 0.5) is 10.2 Å². The van der Waals surface area contributed by atoms with E-state index in [4.69, 9.17) is 19.5 Å². The van der Waals surface area contributed by atoms with E-state index in [1.807, 2.05) is 0 Å². The number of nitrogen functional groups attached to an aromatic ring is 1. The van der Waals surface area contributed by atoms with E-state index in [9.17, 15) is 14.5 Å². The predicted octanol–water partition coefficient (Wildman–Crippen LogP) is 1.56. The van der Waals surface area contributed by atoms with E-state index in [2.05, 4.69) is 4.98 Å². The van der Waals surface area contributed by atoms with Crippen LogP contribution in [0.2, 0.25) is 0 Å². The minimum Gasteiger partial charge on any atom is -0.387 e. The summed E-state index contributed by atoms with van der Waals surface area (Å²) in [4.78, 5) is 15.5. The average molecular weight is 398 g/mol. The molecule has 0 amide bonds. The minimum atomic E-state index is -2.56. The van der Waals surface area contributed by atoms with Crippen molar-refractivity contribution in [3.05, 3.63) is 53.1 Å². The molecule has 1 aromatic heterocycles. The molecule has 0 saturated carbocycles. The summed E-state index contributed by atoms with van der Waals surface area (Å²) >= 11 is 0. The van der Waals surface area contributed by atoms with Crippen molar-refractivity contribution in [2.24, 2.45) is 0 Å². The first kappa shape index (κ1) is 19.4. The fourth-order valence-corrected chi connectivity index (χ4v) is 3.30. The quantitative estimate of drug-likeness (QED) is 0.703. The van der Waals surface area contributed by atoms with E-state index in [1.165, 1.54) is 12.3 Å². The maximum absolute atomic E-state index is 15.0. The highest BCUT2D eigenvalue weighted by molar-refractivity contribution is 7.33. The molecule has 3 rings (SSSR count). The molecule has 1 aliphatic rings. The Labute approximate surface area is 154 Å². The van der Waals surface area contributed by atoms with Crippen molar-refractivity contribution in [2.75, 3.05) is 12.3 Å². The van der Waals surface area contributed by atoms with Gasteiger partial charge in [-0.05, 0) is 25.1 Å². The van der Waals surface area contributed by atoms with Crippen LogP contribution in [0, 0.1) is 0 Å². The molecule has 144 valence electrons. The van der Waals surface area contributed by atoms with Gasteiger partial charge in [-0.15, -0.1) is 4.52 Å². The Morgan fingerprint density at radius 1 is 1.41 bits per heavy atom. The van der Waals surface area contributed by atoms with E-state index in [1.54, 1.807) is 30.3 Å². The lowest BCUT2D eigenvalue weighted by molar-refractivity contribution is -0.0585. The summed E-state index contributed by atoms with van der Waals surface area (Å²) in [5, 5.41) is 10.2. The van der Waals surface area contributed by atoms with Gasteiger partial charge in [0.1, 0.15) is 24.6 Å². The third-order valence-electron chi connectivity index (χ3n) is 4.09. The zero-order valence-electron chi connectivity index (χ0n) is 14.3. The molecule has 0 bridgehead atoms. The van der Waals surface area contributed by atoms with Crippen molar-refractivity contribution in [2.45, 2.75) is 31.0 Å². The van der Waals surface area contributed by atoms with Gasteiger partial charge in [0.05, 0.1) is 0 Å². The summed E-state index contributed by atoms with van der Waals surface area (Å²) in [6.07, 6.45) is -3.03. The summed E-state index contributed by atoms with van der Waals surface area (Å²) in [5.41, 5.74) is 2.28. The number of alkyl halides is 1. The number of nitrogens with two attached hydrogens (primary N) is 1. The molecule has 9 nitrogen and oxygen atoms in total. The normalized spacial score (nSPS) is 28.1. The molecule has 3 unspecified atom stereocenters. The third kappa shape index (κ3) is 4.14. The van der Waals surface area contributed by atoms with Crippen molar-refractivity contribution in [3.63, 3.8) is 0 Å². The first-order valence-electron chi connectivity index (χ1n) is 7.99. The lowest BCUT2D eigenvalue weighted by Crippen LogP contribution is -2.43. The number of hydrogen-bond donors (Lipinski definition) is 2. The number of ether oxygens (including phenoxy) is 1. The molecule has 27 heavy (non-hydrogen) atoms. The molecule has 0 radical (unpaired) electrons. The van der Waals surface area contributed by atoms with Crippen LogP contribution in [-0.4, -0.2) is 39.1 Å². The van der Waals surface area contributed by atoms with E-state index in [-0.39, 0.29) is 5.82 Å². The number of hydrogen-bond acceptors (Lipinski definition) is 8. The van der Waals surface area contributed by atoms with Gasteiger partial charge in [0.25, 0.3) is 0 Å². The molecule has 5 atom stereocenters. The molecule has 11 heteroatoms. The third-order valence-corrected chi connectivity index (χ3v) is 4.81. The second kappa shape index (κ2) is 7.69. The number of aliphatic hydroxyl groups is 1. The second-order valence-electron chi connectivity index (χ2n) is 6.09. The van der Waals surface area contributed by atoms with Crippen LogP contribution in [0.25, 0.3) is 0 Å². The second-order valence-corrected chi connectivity index (χ2v) is 6.98. The van der Waals surface area contributed by atoms with E-state index >= 15 is 4.39 Å². The summed E-state index contributed by atoms with van der Waals surface area (Å²) in [7, 11) is -2.56. The van der Waals surface area contributed by atoms with Crippen LogP contribution in [0.3, 0.4) is 0 Å². The summed E-state index contributed by atoms with van der Waals surface area (Å²) in [5.74, 6) is 0.310. The van der Waals surface area contributed by atoms with Gasteiger partial charge in [-0.25, -0.2) is 13.7 Å². The Hall–Kier alpha value is -2.39. The first-order valence-corrected chi connectivity index (χ1v) is 9.09. The molecule has 1 aromatic carbocycles. The number of nitrogens with zero attached hydrogens (tertiary/aromatic N) is 2. The zero-order chi connectivity index (χ0) is 19.6. The summed E-state index contributed by atoms with van der Waals surface area (Å²) in [6.45, 7) is 0.683. The monoisotopic (exact) mass is 398 g/mol. The fraction of sp³-hybridized carbons (Fsp3) is 0.375. The lowest BCUT2D eigenvalue weighted by Gasteiger charge is -2.24. The maximum atomic E-state index is 15.0. The molecular formula is C16H18FN3O6P+. The fourth-order valence-electron chi connectivity index (χ4n) is 2.68. The van der Waals surface area contributed by atoms with Gasteiger partial charge in [0.15, 0.2) is 17.6 Å². The molecule has 0 aliphatic carbocycles. The number of halogens is 1. The molecule has 1 saturated heterocycles. The number of benzene rings is 1. The number of anilines is 1. The van der Waals surface area contributed by atoms with Gasteiger partial charge < -0.3 is 15.6 Å². The topological polar surface area (TPSA) is 126 Å². The lowest BCUT2D eigenvalue weighted by atomic mass is 9.98. The molecule has 2 aromatic rings. The Morgan fingerprint density at radius 3 is 2.78 bits per heavy atom. The van der Waals surface area contributed by atoms with Crippen LogP contribution in [0.5, 0.6) is 5.75 Å². The summed E-state index contributed by atoms with van der Waals surface area (Å²) < 4.78 is 43.3. The van der Waals surface area contributed by atoms with Crippen molar-refractivity contribution in [1.82, 2.24) is 9.55 Å². The van der Waals surface area contributed by atoms with E-state index < -0.39 is 44.7 Å². The van der Waals surface area contributed by atoms with Crippen LogP contribution in [-0.2, 0) is 13.8 Å². The van der Waals surface area contributed by atoms with Crippen molar-refractivity contribution >= 4 is 14.1 Å². The first-order chi connectivity index (χ1) is 12.8.